The van der Waals surface area contributed by atoms with Crippen molar-refractivity contribution in [2.24, 2.45) is 0 Å². The van der Waals surface area contributed by atoms with E-state index in [1.807, 2.05) is 24.3 Å². The lowest BCUT2D eigenvalue weighted by Crippen LogP contribution is -2.44. The van der Waals surface area contributed by atoms with Crippen molar-refractivity contribution in [3.8, 4) is 5.75 Å². The number of rotatable bonds is 8. The summed E-state index contributed by atoms with van der Waals surface area (Å²) in [5.74, 6) is -0.203. The molecule has 1 fully saturated rings. The van der Waals surface area contributed by atoms with Crippen LogP contribution in [0.25, 0.3) is 0 Å². The first-order valence-corrected chi connectivity index (χ1v) is 12.0. The van der Waals surface area contributed by atoms with Gasteiger partial charge in [-0.1, -0.05) is 29.8 Å². The summed E-state index contributed by atoms with van der Waals surface area (Å²) in [6, 6.07) is 11.8. The summed E-state index contributed by atoms with van der Waals surface area (Å²) in [7, 11) is 0.463. The van der Waals surface area contributed by atoms with Crippen molar-refractivity contribution < 1.29 is 22.7 Å². The van der Waals surface area contributed by atoms with Gasteiger partial charge in [-0.25, -0.2) is 12.7 Å². The van der Waals surface area contributed by atoms with Gasteiger partial charge in [-0.05, 0) is 29.8 Å². The van der Waals surface area contributed by atoms with Gasteiger partial charge in [-0.2, -0.15) is 0 Å². The number of carbonyl (C=O) groups is 1. The lowest BCUT2D eigenvalue weighted by Gasteiger charge is -2.35. The van der Waals surface area contributed by atoms with Gasteiger partial charge in [0.2, 0.25) is 10.0 Å². The molecule has 1 saturated heterocycles. The number of ether oxygens (including phenoxy) is 2. The molecule has 8 nitrogen and oxygen atoms in total. The van der Waals surface area contributed by atoms with Crippen LogP contribution in [0, 0.1) is 0 Å². The Balaban J connectivity index is 1.84. The number of hydrogen-bond donors (Lipinski definition) is 1. The van der Waals surface area contributed by atoms with Crippen molar-refractivity contribution in [2.75, 3.05) is 54.1 Å². The number of carbonyl (C=O) groups excluding carboxylic acids is 1. The average Bonchev–Trinajstić information content (AvgIpc) is 2.80. The van der Waals surface area contributed by atoms with Crippen LogP contribution in [0.3, 0.4) is 0 Å². The van der Waals surface area contributed by atoms with Crippen LogP contribution in [0.4, 0.5) is 0 Å². The predicted molar refractivity (Wildman–Crippen MR) is 123 cm³/mol. The van der Waals surface area contributed by atoms with Crippen LogP contribution in [-0.4, -0.2) is 77.6 Å². The van der Waals surface area contributed by atoms with Crippen molar-refractivity contribution in [3.05, 3.63) is 58.6 Å². The number of morpholine rings is 1. The molecule has 0 spiro atoms. The van der Waals surface area contributed by atoms with Gasteiger partial charge in [0.15, 0.2) is 0 Å². The SMILES string of the molecule is COc1ccc(C(=O)NCC(c2ccccc2Cl)N2CCOCC2)cc1S(=O)(=O)N(C)C. The Hall–Kier alpha value is -2.17. The number of nitrogens with zero attached hydrogens (tertiary/aromatic N) is 2. The molecule has 1 unspecified atom stereocenters. The van der Waals surface area contributed by atoms with Crippen molar-refractivity contribution in [3.63, 3.8) is 0 Å². The third kappa shape index (κ3) is 5.41. The lowest BCUT2D eigenvalue weighted by atomic mass is 10.0. The molecule has 174 valence electrons. The van der Waals surface area contributed by atoms with E-state index in [0.717, 1.165) is 23.0 Å². The highest BCUT2D eigenvalue weighted by Crippen LogP contribution is 2.29. The zero-order valence-corrected chi connectivity index (χ0v) is 19.9. The van der Waals surface area contributed by atoms with Crippen LogP contribution in [0.5, 0.6) is 5.75 Å². The van der Waals surface area contributed by atoms with Crippen molar-refractivity contribution in [2.45, 2.75) is 10.9 Å². The molecule has 0 bridgehead atoms. The Morgan fingerprint density at radius 3 is 2.53 bits per heavy atom. The fourth-order valence-electron chi connectivity index (χ4n) is 3.58. The van der Waals surface area contributed by atoms with Gasteiger partial charge in [0, 0.05) is 44.3 Å². The quantitative estimate of drug-likeness (QED) is 0.623. The van der Waals surface area contributed by atoms with Crippen molar-refractivity contribution in [1.29, 1.82) is 0 Å². The van der Waals surface area contributed by atoms with E-state index >= 15 is 0 Å². The summed E-state index contributed by atoms with van der Waals surface area (Å²) in [6.07, 6.45) is 0. The molecule has 1 heterocycles. The minimum absolute atomic E-state index is 0.0616. The summed E-state index contributed by atoms with van der Waals surface area (Å²) in [5, 5.41) is 3.57. The van der Waals surface area contributed by atoms with Crippen LogP contribution in [0.2, 0.25) is 5.02 Å². The Labute approximate surface area is 194 Å². The van der Waals surface area contributed by atoms with Crippen LogP contribution in [-0.2, 0) is 14.8 Å². The van der Waals surface area contributed by atoms with Gasteiger partial charge in [0.1, 0.15) is 10.6 Å². The first-order valence-electron chi connectivity index (χ1n) is 10.2. The summed E-state index contributed by atoms with van der Waals surface area (Å²) in [5.41, 5.74) is 1.15. The molecule has 32 heavy (non-hydrogen) atoms. The topological polar surface area (TPSA) is 88.2 Å². The van der Waals surface area contributed by atoms with Crippen LogP contribution >= 0.6 is 11.6 Å². The molecule has 1 aliphatic rings. The van der Waals surface area contributed by atoms with Gasteiger partial charge in [0.25, 0.3) is 5.91 Å². The Morgan fingerprint density at radius 1 is 1.22 bits per heavy atom. The number of halogens is 1. The fourth-order valence-corrected chi connectivity index (χ4v) is 4.91. The normalized spacial score (nSPS) is 16.0. The summed E-state index contributed by atoms with van der Waals surface area (Å²) >= 11 is 6.45. The minimum atomic E-state index is -3.78. The van der Waals surface area contributed by atoms with Crippen molar-refractivity contribution in [1.82, 2.24) is 14.5 Å². The second kappa shape index (κ2) is 10.6. The fraction of sp³-hybridized carbons (Fsp3) is 0.409. The van der Waals surface area contributed by atoms with E-state index in [1.165, 1.54) is 33.3 Å². The second-order valence-corrected chi connectivity index (χ2v) is 10.1. The van der Waals surface area contributed by atoms with E-state index in [0.29, 0.717) is 24.8 Å². The van der Waals surface area contributed by atoms with Gasteiger partial charge in [-0.3, -0.25) is 9.69 Å². The standard InChI is InChI=1S/C22H28ClN3O5S/c1-25(2)32(28,29)21-14-16(8-9-20(21)30-3)22(27)24-15-19(26-10-12-31-13-11-26)17-6-4-5-7-18(17)23/h4-9,14,19H,10-13,15H2,1-3H3,(H,24,27). The highest BCUT2D eigenvalue weighted by atomic mass is 35.5. The molecule has 1 N–H and O–H groups in total. The molecule has 0 saturated carbocycles. The zero-order valence-electron chi connectivity index (χ0n) is 18.4. The van der Waals surface area contributed by atoms with Crippen LogP contribution in [0.15, 0.2) is 47.4 Å². The Morgan fingerprint density at radius 2 is 1.91 bits per heavy atom. The first-order chi connectivity index (χ1) is 15.3. The summed E-state index contributed by atoms with van der Waals surface area (Å²) in [4.78, 5) is 15.1. The smallest absolute Gasteiger partial charge is 0.251 e. The number of hydrogen-bond acceptors (Lipinski definition) is 6. The third-order valence-electron chi connectivity index (χ3n) is 5.39. The van der Waals surface area contributed by atoms with Crippen LogP contribution in [0.1, 0.15) is 22.0 Å². The molecule has 10 heteroatoms. The summed E-state index contributed by atoms with van der Waals surface area (Å²) < 4.78 is 37.1. The first kappa shape index (κ1) is 24.5. The van der Waals surface area contributed by atoms with E-state index in [1.54, 1.807) is 6.07 Å². The van der Waals surface area contributed by atoms with Gasteiger partial charge in [0.05, 0.1) is 26.4 Å². The molecule has 0 radical (unpaired) electrons. The zero-order chi connectivity index (χ0) is 23.3. The van der Waals surface area contributed by atoms with Gasteiger partial charge >= 0.3 is 0 Å². The Kier molecular flexibility index (Phi) is 8.13. The number of benzene rings is 2. The summed E-state index contributed by atoms with van der Waals surface area (Å²) in [6.45, 7) is 2.97. The third-order valence-corrected chi connectivity index (χ3v) is 7.57. The van der Waals surface area contributed by atoms with E-state index in [2.05, 4.69) is 10.2 Å². The van der Waals surface area contributed by atoms with E-state index in [-0.39, 0.29) is 28.2 Å². The highest BCUT2D eigenvalue weighted by Gasteiger charge is 2.27. The molecule has 2 aromatic carbocycles. The Bertz CT molecular complexity index is 1060. The molecule has 1 amide bonds. The van der Waals surface area contributed by atoms with Gasteiger partial charge in [-0.15, -0.1) is 0 Å². The highest BCUT2D eigenvalue weighted by molar-refractivity contribution is 7.89. The number of methoxy groups -OCH3 is 1. The molecular weight excluding hydrogens is 454 g/mol. The molecule has 1 atom stereocenters. The van der Waals surface area contributed by atoms with Crippen LogP contribution < -0.4 is 10.1 Å². The molecule has 0 aromatic heterocycles. The molecular formula is C22H28ClN3O5S. The maximum absolute atomic E-state index is 13.0. The van der Waals surface area contributed by atoms with Gasteiger partial charge < -0.3 is 14.8 Å². The number of nitrogens with one attached hydrogen (secondary N) is 1. The largest absolute Gasteiger partial charge is 0.495 e. The van der Waals surface area contributed by atoms with E-state index in [9.17, 15) is 13.2 Å². The molecule has 1 aliphatic heterocycles. The number of amides is 1. The average molecular weight is 482 g/mol. The predicted octanol–water partition coefficient (Wildman–Crippen LogP) is 2.40. The van der Waals surface area contributed by atoms with E-state index < -0.39 is 10.0 Å². The molecule has 0 aliphatic carbocycles. The maximum Gasteiger partial charge on any atom is 0.251 e. The molecule has 2 aromatic rings. The van der Waals surface area contributed by atoms with E-state index in [4.69, 9.17) is 21.1 Å². The van der Waals surface area contributed by atoms with Crippen molar-refractivity contribution >= 4 is 27.5 Å². The maximum atomic E-state index is 13.0. The lowest BCUT2D eigenvalue weighted by molar-refractivity contribution is 0.0162. The second-order valence-electron chi connectivity index (χ2n) is 7.55. The molecule has 3 rings (SSSR count). The monoisotopic (exact) mass is 481 g/mol. The number of sulfonamides is 1. The minimum Gasteiger partial charge on any atom is -0.495 e.